The number of halogens is 4. The number of ether oxygens (including phenoxy) is 3. The lowest BCUT2D eigenvalue weighted by molar-refractivity contribution is -0.140. The van der Waals surface area contributed by atoms with Crippen molar-refractivity contribution in [2.75, 3.05) is 25.6 Å². The molecule has 1 heterocycles. The van der Waals surface area contributed by atoms with E-state index in [9.17, 15) is 17.6 Å². The van der Waals surface area contributed by atoms with Crippen molar-refractivity contribution >= 4 is 16.7 Å². The minimum atomic E-state index is -4.79. The van der Waals surface area contributed by atoms with E-state index in [0.717, 1.165) is 18.9 Å². The van der Waals surface area contributed by atoms with E-state index >= 15 is 0 Å². The lowest BCUT2D eigenvalue weighted by Gasteiger charge is -2.25. The Hall–Kier alpha value is -3.14. The summed E-state index contributed by atoms with van der Waals surface area (Å²) in [5, 5.41) is 3.60. The summed E-state index contributed by atoms with van der Waals surface area (Å²) in [7, 11) is 1.52. The first kappa shape index (κ1) is 25.0. The van der Waals surface area contributed by atoms with Crippen LogP contribution in [-0.4, -0.2) is 36.4 Å². The maximum absolute atomic E-state index is 14.7. The zero-order valence-electron chi connectivity index (χ0n) is 19.7. The summed E-state index contributed by atoms with van der Waals surface area (Å²) in [5.74, 6) is 0.386. The number of aromatic nitrogens is 2. The molecule has 188 valence electrons. The molecule has 0 spiro atoms. The summed E-state index contributed by atoms with van der Waals surface area (Å²) in [6.07, 6.45) is -1.18. The van der Waals surface area contributed by atoms with Gasteiger partial charge in [-0.1, -0.05) is 12.1 Å². The molecule has 0 unspecified atom stereocenters. The van der Waals surface area contributed by atoms with Crippen LogP contribution in [0.5, 0.6) is 11.5 Å². The van der Waals surface area contributed by atoms with Crippen LogP contribution in [0, 0.1) is 12.7 Å². The lowest BCUT2D eigenvalue weighted by atomic mass is 9.96. The largest absolute Gasteiger partial charge is 0.493 e. The zero-order chi connectivity index (χ0) is 25.2. The maximum atomic E-state index is 14.7. The van der Waals surface area contributed by atoms with E-state index in [1.807, 2.05) is 0 Å². The molecule has 1 aliphatic carbocycles. The van der Waals surface area contributed by atoms with Crippen molar-refractivity contribution in [1.29, 1.82) is 0 Å². The van der Waals surface area contributed by atoms with Gasteiger partial charge in [-0.3, -0.25) is 0 Å². The van der Waals surface area contributed by atoms with Gasteiger partial charge in [-0.15, -0.1) is 0 Å². The highest BCUT2D eigenvalue weighted by Gasteiger charge is 2.35. The fourth-order valence-electron chi connectivity index (χ4n) is 3.92. The Balaban J connectivity index is 1.61. The highest BCUT2D eigenvalue weighted by atomic mass is 19.4. The van der Waals surface area contributed by atoms with E-state index in [0.29, 0.717) is 53.4 Å². The molecule has 0 radical (unpaired) electrons. The summed E-state index contributed by atoms with van der Waals surface area (Å²) in [6.45, 7) is 4.02. The Morgan fingerprint density at radius 2 is 1.89 bits per heavy atom. The van der Waals surface area contributed by atoms with Crippen LogP contribution in [0.4, 0.5) is 23.4 Å². The summed E-state index contributed by atoms with van der Waals surface area (Å²) >= 11 is 0. The fraction of sp³-hybridized carbons (Fsp3) is 0.440. The van der Waals surface area contributed by atoms with Gasteiger partial charge < -0.3 is 19.5 Å². The van der Waals surface area contributed by atoms with Gasteiger partial charge in [0.2, 0.25) is 0 Å². The van der Waals surface area contributed by atoms with Crippen LogP contribution in [-0.2, 0) is 10.9 Å². The molecule has 1 fully saturated rings. The number of nitrogens with one attached hydrogen (secondary N) is 1. The predicted octanol–water partition coefficient (Wildman–Crippen LogP) is 6.23. The molecule has 0 saturated heterocycles. The molecule has 1 aromatic heterocycles. The molecular weight excluding hydrogens is 466 g/mol. The average molecular weight is 494 g/mol. The Morgan fingerprint density at radius 3 is 2.54 bits per heavy atom. The number of hydrogen-bond donors (Lipinski definition) is 1. The van der Waals surface area contributed by atoms with Gasteiger partial charge in [0.05, 0.1) is 36.9 Å². The van der Waals surface area contributed by atoms with Crippen molar-refractivity contribution in [1.82, 2.24) is 9.97 Å². The minimum Gasteiger partial charge on any atom is -0.493 e. The summed E-state index contributed by atoms with van der Waals surface area (Å²) in [5.41, 5.74) is -0.883. The van der Waals surface area contributed by atoms with Crippen molar-refractivity contribution in [2.45, 2.75) is 51.4 Å². The van der Waals surface area contributed by atoms with E-state index < -0.39 is 23.6 Å². The molecule has 0 aliphatic heterocycles. The quantitative estimate of drug-likeness (QED) is 0.282. The van der Waals surface area contributed by atoms with Crippen LogP contribution in [0.15, 0.2) is 30.3 Å². The monoisotopic (exact) mass is 493 g/mol. The van der Waals surface area contributed by atoms with E-state index in [-0.39, 0.29) is 5.56 Å². The molecule has 3 aromatic rings. The Bertz CT molecular complexity index is 1200. The van der Waals surface area contributed by atoms with Gasteiger partial charge in [0.15, 0.2) is 11.5 Å². The van der Waals surface area contributed by atoms with Crippen LogP contribution in [0.2, 0.25) is 0 Å². The molecule has 6 nitrogen and oxygen atoms in total. The van der Waals surface area contributed by atoms with Gasteiger partial charge in [0.25, 0.3) is 0 Å². The normalized spacial score (nSPS) is 15.1. The second-order valence-electron chi connectivity index (χ2n) is 8.48. The van der Waals surface area contributed by atoms with Crippen LogP contribution in [0.1, 0.15) is 49.2 Å². The third kappa shape index (κ3) is 5.58. The van der Waals surface area contributed by atoms with Gasteiger partial charge >= 0.3 is 6.18 Å². The first-order valence-electron chi connectivity index (χ1n) is 11.4. The molecule has 0 amide bonds. The molecule has 2 aromatic carbocycles. The molecule has 10 heteroatoms. The predicted molar refractivity (Wildman–Crippen MR) is 123 cm³/mol. The van der Waals surface area contributed by atoms with E-state index in [2.05, 4.69) is 15.3 Å². The Morgan fingerprint density at radius 1 is 1.11 bits per heavy atom. The van der Waals surface area contributed by atoms with Gasteiger partial charge in [-0.05, 0) is 45.2 Å². The number of hydrogen-bond acceptors (Lipinski definition) is 6. The first-order valence-corrected chi connectivity index (χ1v) is 11.4. The van der Waals surface area contributed by atoms with Crippen molar-refractivity contribution in [2.24, 2.45) is 0 Å². The Kier molecular flexibility index (Phi) is 7.30. The molecule has 1 atom stereocenters. The average Bonchev–Trinajstić information content (AvgIpc) is 2.76. The molecular formula is C25H27F4N3O3. The SMILES string of the molecule is COc1cc2nc(C)nc(N[C@H](C)c3cccc(C(F)(F)F)c3F)c2cc1OCCOC1CCC1. The molecule has 1 saturated carbocycles. The van der Waals surface area contributed by atoms with Crippen molar-refractivity contribution in [3.63, 3.8) is 0 Å². The van der Waals surface area contributed by atoms with Gasteiger partial charge in [0, 0.05) is 17.0 Å². The number of nitrogens with zero attached hydrogens (tertiary/aromatic N) is 2. The second kappa shape index (κ2) is 10.2. The van der Waals surface area contributed by atoms with Crippen molar-refractivity contribution in [3.05, 3.63) is 53.1 Å². The van der Waals surface area contributed by atoms with Crippen molar-refractivity contribution in [3.8, 4) is 11.5 Å². The zero-order valence-corrected chi connectivity index (χ0v) is 19.7. The highest BCUT2D eigenvalue weighted by Crippen LogP contribution is 2.37. The number of benzene rings is 2. The van der Waals surface area contributed by atoms with E-state index in [4.69, 9.17) is 14.2 Å². The summed E-state index contributed by atoms with van der Waals surface area (Å²) in [4.78, 5) is 8.85. The number of alkyl halides is 3. The van der Waals surface area contributed by atoms with Crippen LogP contribution >= 0.6 is 0 Å². The number of aryl methyl sites for hydroxylation is 1. The van der Waals surface area contributed by atoms with Gasteiger partial charge in [0.1, 0.15) is 24.1 Å². The smallest absolute Gasteiger partial charge is 0.419 e. The second-order valence-corrected chi connectivity index (χ2v) is 8.48. The number of methoxy groups -OCH3 is 1. The molecule has 4 rings (SSSR count). The fourth-order valence-corrected chi connectivity index (χ4v) is 3.92. The maximum Gasteiger partial charge on any atom is 0.419 e. The third-order valence-electron chi connectivity index (χ3n) is 5.99. The highest BCUT2D eigenvalue weighted by molar-refractivity contribution is 5.92. The van der Waals surface area contributed by atoms with Gasteiger partial charge in [-0.2, -0.15) is 13.2 Å². The molecule has 1 aliphatic rings. The molecule has 0 bridgehead atoms. The van der Waals surface area contributed by atoms with E-state index in [1.165, 1.54) is 25.7 Å². The topological polar surface area (TPSA) is 65.5 Å². The number of fused-ring (bicyclic) bond motifs is 1. The summed E-state index contributed by atoms with van der Waals surface area (Å²) < 4.78 is 71.3. The minimum absolute atomic E-state index is 0.123. The number of rotatable bonds is 9. The Labute approximate surface area is 200 Å². The van der Waals surface area contributed by atoms with Crippen LogP contribution in [0.25, 0.3) is 10.9 Å². The van der Waals surface area contributed by atoms with Crippen LogP contribution in [0.3, 0.4) is 0 Å². The van der Waals surface area contributed by atoms with Crippen LogP contribution < -0.4 is 14.8 Å². The summed E-state index contributed by atoms with van der Waals surface area (Å²) in [6, 6.07) is 5.82. The third-order valence-corrected chi connectivity index (χ3v) is 5.99. The first-order chi connectivity index (χ1) is 16.7. The lowest BCUT2D eigenvalue weighted by Crippen LogP contribution is -2.23. The van der Waals surface area contributed by atoms with E-state index in [1.54, 1.807) is 26.0 Å². The standard InChI is InChI=1S/C25H27F4N3O3/c1-14(17-8-5-9-19(23(17)26)25(27,28)29)30-24-18-12-22(35-11-10-34-16-6-4-7-16)21(33-3)13-20(18)31-15(2)32-24/h5,8-9,12-14,16H,4,6-7,10-11H2,1-3H3,(H,30,31,32)/t14-/m1/s1. The molecule has 35 heavy (non-hydrogen) atoms. The molecule has 1 N–H and O–H groups in total. The van der Waals surface area contributed by atoms with Gasteiger partial charge in [-0.25, -0.2) is 14.4 Å². The van der Waals surface area contributed by atoms with Crippen molar-refractivity contribution < 1.29 is 31.8 Å². The number of anilines is 1.